The molecule has 1 aromatic heterocycles. The number of hydrogen-bond acceptors (Lipinski definition) is 4. The van der Waals surface area contributed by atoms with Crippen molar-refractivity contribution in [2.24, 2.45) is 0 Å². The fourth-order valence-corrected chi connectivity index (χ4v) is 2.40. The number of aryl methyl sites for hydroxylation is 1. The number of amides is 1. The number of aromatic nitrogens is 2. The lowest BCUT2D eigenvalue weighted by Crippen LogP contribution is -2.24. The number of hydrogen-bond donors (Lipinski definition) is 2. The molecule has 0 aliphatic rings. The zero-order chi connectivity index (χ0) is 17.6. The number of nitrogens with zero attached hydrogens (tertiary/aromatic N) is 2. The molecule has 0 saturated heterocycles. The van der Waals surface area contributed by atoms with Crippen LogP contribution in [0, 0.1) is 6.92 Å². The van der Waals surface area contributed by atoms with E-state index < -0.39 is 0 Å². The summed E-state index contributed by atoms with van der Waals surface area (Å²) < 4.78 is 0. The Morgan fingerprint density at radius 1 is 1.04 bits per heavy atom. The van der Waals surface area contributed by atoms with Gasteiger partial charge in [-0.2, -0.15) is 0 Å². The summed E-state index contributed by atoms with van der Waals surface area (Å²) in [4.78, 5) is 12.1. The van der Waals surface area contributed by atoms with Gasteiger partial charge in [0.25, 0.3) is 5.91 Å². The fourth-order valence-electron chi connectivity index (χ4n) is 2.21. The van der Waals surface area contributed by atoms with Gasteiger partial charge in [-0.1, -0.05) is 47.5 Å². The third-order valence-corrected chi connectivity index (χ3v) is 3.80. The SMILES string of the molecule is Cc1ccc(CNC(=O)c2ccc(Nc3cccc(Cl)c3)nn2)cc1. The molecule has 2 aromatic carbocycles. The molecule has 0 bridgehead atoms. The normalized spacial score (nSPS) is 10.3. The summed E-state index contributed by atoms with van der Waals surface area (Å²) >= 11 is 5.94. The molecule has 0 spiro atoms. The van der Waals surface area contributed by atoms with Gasteiger partial charge in [0.15, 0.2) is 11.5 Å². The molecular formula is C19H17ClN4O. The van der Waals surface area contributed by atoms with Gasteiger partial charge in [-0.25, -0.2) is 0 Å². The van der Waals surface area contributed by atoms with E-state index in [0.29, 0.717) is 17.4 Å². The van der Waals surface area contributed by atoms with Gasteiger partial charge < -0.3 is 10.6 Å². The van der Waals surface area contributed by atoms with E-state index in [2.05, 4.69) is 20.8 Å². The Hall–Kier alpha value is -2.92. The predicted octanol–water partition coefficient (Wildman–Crippen LogP) is 4.11. The summed E-state index contributed by atoms with van der Waals surface area (Å²) in [6.07, 6.45) is 0. The summed E-state index contributed by atoms with van der Waals surface area (Å²) in [7, 11) is 0. The van der Waals surface area contributed by atoms with Crippen molar-refractivity contribution >= 4 is 29.0 Å². The number of carbonyl (C=O) groups excluding carboxylic acids is 1. The van der Waals surface area contributed by atoms with Gasteiger partial charge in [0.1, 0.15) is 0 Å². The Kier molecular flexibility index (Phi) is 5.26. The molecule has 126 valence electrons. The van der Waals surface area contributed by atoms with Gasteiger partial charge >= 0.3 is 0 Å². The molecule has 0 fully saturated rings. The van der Waals surface area contributed by atoms with Gasteiger partial charge in [-0.15, -0.1) is 10.2 Å². The molecule has 0 unspecified atom stereocenters. The monoisotopic (exact) mass is 352 g/mol. The van der Waals surface area contributed by atoms with Crippen LogP contribution in [0.1, 0.15) is 21.6 Å². The third kappa shape index (κ3) is 4.78. The van der Waals surface area contributed by atoms with Crippen molar-refractivity contribution in [1.82, 2.24) is 15.5 Å². The van der Waals surface area contributed by atoms with E-state index in [1.54, 1.807) is 24.3 Å². The highest BCUT2D eigenvalue weighted by atomic mass is 35.5. The van der Waals surface area contributed by atoms with Crippen LogP contribution in [0.3, 0.4) is 0 Å². The molecule has 1 amide bonds. The van der Waals surface area contributed by atoms with Crippen molar-refractivity contribution in [2.75, 3.05) is 5.32 Å². The summed E-state index contributed by atoms with van der Waals surface area (Å²) in [5.41, 5.74) is 3.29. The molecule has 6 heteroatoms. The minimum Gasteiger partial charge on any atom is -0.347 e. The van der Waals surface area contributed by atoms with E-state index in [-0.39, 0.29) is 11.6 Å². The van der Waals surface area contributed by atoms with Crippen molar-refractivity contribution in [2.45, 2.75) is 13.5 Å². The highest BCUT2D eigenvalue weighted by Gasteiger charge is 2.08. The largest absolute Gasteiger partial charge is 0.347 e. The maximum Gasteiger partial charge on any atom is 0.272 e. The number of rotatable bonds is 5. The smallest absolute Gasteiger partial charge is 0.272 e. The molecule has 0 aliphatic heterocycles. The summed E-state index contributed by atoms with van der Waals surface area (Å²) in [5.74, 6) is 0.278. The molecule has 2 N–H and O–H groups in total. The lowest BCUT2D eigenvalue weighted by atomic mass is 10.1. The van der Waals surface area contributed by atoms with Crippen LogP contribution in [-0.2, 0) is 6.54 Å². The van der Waals surface area contributed by atoms with Crippen molar-refractivity contribution in [1.29, 1.82) is 0 Å². The first-order valence-electron chi connectivity index (χ1n) is 7.80. The average Bonchev–Trinajstić information content (AvgIpc) is 2.62. The second-order valence-electron chi connectivity index (χ2n) is 5.61. The van der Waals surface area contributed by atoms with E-state index >= 15 is 0 Å². The van der Waals surface area contributed by atoms with Gasteiger partial charge in [-0.05, 0) is 42.8 Å². The second-order valence-corrected chi connectivity index (χ2v) is 6.04. The molecule has 0 aliphatic carbocycles. The zero-order valence-electron chi connectivity index (χ0n) is 13.7. The number of benzene rings is 2. The first kappa shape index (κ1) is 16.9. The van der Waals surface area contributed by atoms with Gasteiger partial charge in [-0.3, -0.25) is 4.79 Å². The van der Waals surface area contributed by atoms with Crippen LogP contribution in [0.5, 0.6) is 0 Å². The molecule has 3 aromatic rings. The van der Waals surface area contributed by atoms with E-state index in [1.807, 2.05) is 43.3 Å². The number of halogens is 1. The fraction of sp³-hybridized carbons (Fsp3) is 0.105. The standard InChI is InChI=1S/C19H17ClN4O/c1-13-5-7-14(8-6-13)12-21-19(25)17-9-10-18(24-23-17)22-16-4-2-3-15(20)11-16/h2-11H,12H2,1H3,(H,21,25)(H,22,24). The minimum absolute atomic E-state index is 0.262. The Bertz CT molecular complexity index is 863. The van der Waals surface area contributed by atoms with Crippen LogP contribution in [-0.4, -0.2) is 16.1 Å². The van der Waals surface area contributed by atoms with Crippen molar-refractivity contribution in [3.05, 3.63) is 82.5 Å². The topological polar surface area (TPSA) is 66.9 Å². The van der Waals surface area contributed by atoms with Crippen LogP contribution in [0.4, 0.5) is 11.5 Å². The Morgan fingerprint density at radius 3 is 2.52 bits per heavy atom. The summed E-state index contributed by atoms with van der Waals surface area (Å²) in [6.45, 7) is 2.47. The van der Waals surface area contributed by atoms with Crippen LogP contribution in [0.2, 0.25) is 5.02 Å². The van der Waals surface area contributed by atoms with Crippen molar-refractivity contribution < 1.29 is 4.79 Å². The first-order chi connectivity index (χ1) is 12.1. The first-order valence-corrected chi connectivity index (χ1v) is 8.18. The molecule has 5 nitrogen and oxygen atoms in total. The maximum absolute atomic E-state index is 12.1. The molecule has 0 atom stereocenters. The lowest BCUT2D eigenvalue weighted by molar-refractivity contribution is 0.0945. The van der Waals surface area contributed by atoms with Crippen LogP contribution < -0.4 is 10.6 Å². The summed E-state index contributed by atoms with van der Waals surface area (Å²) in [5, 5.41) is 14.5. The van der Waals surface area contributed by atoms with E-state index in [1.165, 1.54) is 5.56 Å². The molecule has 25 heavy (non-hydrogen) atoms. The predicted molar refractivity (Wildman–Crippen MR) is 99.1 cm³/mol. The highest BCUT2D eigenvalue weighted by molar-refractivity contribution is 6.30. The molecule has 3 rings (SSSR count). The molecule has 0 saturated carbocycles. The van der Waals surface area contributed by atoms with Crippen LogP contribution >= 0.6 is 11.6 Å². The number of anilines is 2. The van der Waals surface area contributed by atoms with Crippen molar-refractivity contribution in [3.63, 3.8) is 0 Å². The van der Waals surface area contributed by atoms with E-state index in [0.717, 1.165) is 11.3 Å². The van der Waals surface area contributed by atoms with E-state index in [9.17, 15) is 4.79 Å². The quantitative estimate of drug-likeness (QED) is 0.725. The number of nitrogens with one attached hydrogen (secondary N) is 2. The van der Waals surface area contributed by atoms with Gasteiger partial charge in [0.05, 0.1) is 0 Å². The maximum atomic E-state index is 12.1. The highest BCUT2D eigenvalue weighted by Crippen LogP contribution is 2.18. The Balaban J connectivity index is 1.59. The Morgan fingerprint density at radius 2 is 1.84 bits per heavy atom. The average molecular weight is 353 g/mol. The number of carbonyl (C=O) groups is 1. The molecule has 1 heterocycles. The van der Waals surface area contributed by atoms with Crippen LogP contribution in [0.15, 0.2) is 60.7 Å². The van der Waals surface area contributed by atoms with Gasteiger partial charge in [0.2, 0.25) is 0 Å². The molecular weight excluding hydrogens is 336 g/mol. The zero-order valence-corrected chi connectivity index (χ0v) is 14.4. The Labute approximate surface area is 151 Å². The summed E-state index contributed by atoms with van der Waals surface area (Å²) in [6, 6.07) is 18.6. The second kappa shape index (κ2) is 7.77. The molecule has 0 radical (unpaired) electrons. The minimum atomic E-state index is -0.262. The van der Waals surface area contributed by atoms with E-state index in [4.69, 9.17) is 11.6 Å². The lowest BCUT2D eigenvalue weighted by Gasteiger charge is -2.07. The van der Waals surface area contributed by atoms with Crippen LogP contribution in [0.25, 0.3) is 0 Å². The van der Waals surface area contributed by atoms with Crippen molar-refractivity contribution in [3.8, 4) is 0 Å². The van der Waals surface area contributed by atoms with Gasteiger partial charge in [0, 0.05) is 17.3 Å². The third-order valence-electron chi connectivity index (χ3n) is 3.57.